The number of nitrogens with one attached hydrogen (secondary N) is 1. The third-order valence-electron chi connectivity index (χ3n) is 3.45. The molecule has 0 saturated carbocycles. The minimum absolute atomic E-state index is 0.509. The molecule has 1 fully saturated rings. The van der Waals surface area contributed by atoms with E-state index in [1.165, 1.54) is 38.6 Å². The lowest BCUT2D eigenvalue weighted by atomic mass is 9.84. The Hall–Kier alpha value is -0.0400. The molecule has 0 aliphatic carbocycles. The largest absolute Gasteiger partial charge is 0.311 e. The molecule has 1 aliphatic rings. The minimum Gasteiger partial charge on any atom is -0.311 e. The fourth-order valence-corrected chi connectivity index (χ4v) is 2.30. The highest BCUT2D eigenvalue weighted by Crippen LogP contribution is 2.30. The Morgan fingerprint density at radius 2 is 2.17 bits per heavy atom. The van der Waals surface area contributed by atoms with Gasteiger partial charge in [0, 0.05) is 5.54 Å². The van der Waals surface area contributed by atoms with Crippen LogP contribution in [0.4, 0.5) is 0 Å². The molecule has 2 unspecified atom stereocenters. The lowest BCUT2D eigenvalue weighted by molar-refractivity contribution is 0.280. The first kappa shape index (κ1) is 10.0. The summed E-state index contributed by atoms with van der Waals surface area (Å²) in [4.78, 5) is 0. The molecule has 1 nitrogen and oxygen atoms in total. The molecule has 0 aromatic rings. The zero-order valence-corrected chi connectivity index (χ0v) is 8.82. The van der Waals surface area contributed by atoms with Gasteiger partial charge >= 0.3 is 0 Å². The highest BCUT2D eigenvalue weighted by molar-refractivity contribution is 4.92. The lowest BCUT2D eigenvalue weighted by Crippen LogP contribution is -2.40. The van der Waals surface area contributed by atoms with Gasteiger partial charge in [-0.05, 0) is 38.1 Å². The Kier molecular flexibility index (Phi) is 3.57. The van der Waals surface area contributed by atoms with Crippen molar-refractivity contribution in [3.05, 3.63) is 0 Å². The Labute approximate surface area is 76.9 Å². The van der Waals surface area contributed by atoms with Crippen LogP contribution in [-0.2, 0) is 0 Å². The van der Waals surface area contributed by atoms with Gasteiger partial charge < -0.3 is 5.32 Å². The molecule has 0 bridgehead atoms. The first-order valence-corrected chi connectivity index (χ1v) is 5.47. The summed E-state index contributed by atoms with van der Waals surface area (Å²) in [6.07, 6.45) is 6.78. The molecule has 0 radical (unpaired) electrons. The molecule has 1 heteroatoms. The molecule has 72 valence electrons. The maximum Gasteiger partial charge on any atom is 0.0181 e. The smallest absolute Gasteiger partial charge is 0.0181 e. The van der Waals surface area contributed by atoms with Gasteiger partial charge in [0.1, 0.15) is 0 Å². The van der Waals surface area contributed by atoms with Crippen LogP contribution in [-0.4, -0.2) is 12.1 Å². The summed E-state index contributed by atoms with van der Waals surface area (Å²) >= 11 is 0. The van der Waals surface area contributed by atoms with E-state index in [9.17, 15) is 0 Å². The molecular formula is C11H23N. The van der Waals surface area contributed by atoms with Crippen molar-refractivity contribution in [3.8, 4) is 0 Å². The normalized spacial score (nSPS) is 32.2. The van der Waals surface area contributed by atoms with E-state index >= 15 is 0 Å². The van der Waals surface area contributed by atoms with Crippen LogP contribution in [0.3, 0.4) is 0 Å². The second kappa shape index (κ2) is 4.27. The topological polar surface area (TPSA) is 12.0 Å². The predicted molar refractivity (Wildman–Crippen MR) is 54.3 cm³/mol. The Bertz CT molecular complexity index is 125. The van der Waals surface area contributed by atoms with Crippen molar-refractivity contribution in [1.29, 1.82) is 0 Å². The maximum absolute atomic E-state index is 3.68. The third kappa shape index (κ3) is 2.22. The highest BCUT2D eigenvalue weighted by atomic mass is 15.0. The summed E-state index contributed by atoms with van der Waals surface area (Å²) in [5, 5.41) is 3.68. The van der Waals surface area contributed by atoms with Crippen LogP contribution in [0.1, 0.15) is 52.9 Å². The van der Waals surface area contributed by atoms with Crippen molar-refractivity contribution in [2.45, 2.75) is 58.4 Å². The van der Waals surface area contributed by atoms with E-state index in [1.807, 2.05) is 0 Å². The van der Waals surface area contributed by atoms with Crippen LogP contribution in [0, 0.1) is 5.92 Å². The molecule has 12 heavy (non-hydrogen) atoms. The average molecular weight is 169 g/mol. The van der Waals surface area contributed by atoms with Crippen molar-refractivity contribution in [3.63, 3.8) is 0 Å². The molecule has 0 amide bonds. The summed E-state index contributed by atoms with van der Waals surface area (Å²) in [5.74, 6) is 0.885. The van der Waals surface area contributed by atoms with Gasteiger partial charge in [0.05, 0.1) is 0 Å². The van der Waals surface area contributed by atoms with Crippen molar-refractivity contribution < 1.29 is 0 Å². The zero-order chi connectivity index (χ0) is 9.03. The lowest BCUT2D eigenvalue weighted by Gasteiger charge is -2.30. The average Bonchev–Trinajstić information content (AvgIpc) is 2.54. The Morgan fingerprint density at radius 1 is 1.42 bits per heavy atom. The first-order chi connectivity index (χ1) is 5.72. The van der Waals surface area contributed by atoms with Crippen LogP contribution >= 0.6 is 0 Å². The molecule has 1 rings (SSSR count). The molecule has 1 N–H and O–H groups in total. The van der Waals surface area contributed by atoms with Gasteiger partial charge in [-0.15, -0.1) is 0 Å². The summed E-state index contributed by atoms with van der Waals surface area (Å²) in [6.45, 7) is 8.23. The molecule has 2 atom stereocenters. The predicted octanol–water partition coefficient (Wildman–Crippen LogP) is 2.95. The second-order valence-corrected chi connectivity index (χ2v) is 4.38. The monoisotopic (exact) mass is 169 g/mol. The molecule has 1 saturated heterocycles. The first-order valence-electron chi connectivity index (χ1n) is 5.47. The van der Waals surface area contributed by atoms with Gasteiger partial charge in [0.2, 0.25) is 0 Å². The van der Waals surface area contributed by atoms with Gasteiger partial charge in [-0.3, -0.25) is 0 Å². The fourth-order valence-electron chi connectivity index (χ4n) is 2.30. The second-order valence-electron chi connectivity index (χ2n) is 4.38. The highest BCUT2D eigenvalue weighted by Gasteiger charge is 2.32. The zero-order valence-electron chi connectivity index (χ0n) is 8.82. The quantitative estimate of drug-likeness (QED) is 0.682. The van der Waals surface area contributed by atoms with Gasteiger partial charge in [-0.1, -0.05) is 27.2 Å². The maximum atomic E-state index is 3.68. The summed E-state index contributed by atoms with van der Waals surface area (Å²) in [7, 11) is 0. The Morgan fingerprint density at radius 3 is 2.58 bits per heavy atom. The summed E-state index contributed by atoms with van der Waals surface area (Å²) < 4.78 is 0. The standard InChI is InChI=1S/C11H23N/c1-4-10(3)9-11(5-2)7-6-8-12-11/h10,12H,4-9H2,1-3H3. The van der Waals surface area contributed by atoms with Crippen LogP contribution in [0.25, 0.3) is 0 Å². The summed E-state index contributed by atoms with van der Waals surface area (Å²) in [6, 6.07) is 0. The van der Waals surface area contributed by atoms with Crippen LogP contribution < -0.4 is 5.32 Å². The van der Waals surface area contributed by atoms with E-state index in [1.54, 1.807) is 0 Å². The van der Waals surface area contributed by atoms with Gasteiger partial charge in [-0.2, -0.15) is 0 Å². The van der Waals surface area contributed by atoms with Crippen LogP contribution in [0.2, 0.25) is 0 Å². The van der Waals surface area contributed by atoms with Crippen molar-refractivity contribution in [2.24, 2.45) is 5.92 Å². The third-order valence-corrected chi connectivity index (χ3v) is 3.45. The van der Waals surface area contributed by atoms with E-state index in [2.05, 4.69) is 26.1 Å². The number of hydrogen-bond donors (Lipinski definition) is 1. The van der Waals surface area contributed by atoms with Gasteiger partial charge in [0.15, 0.2) is 0 Å². The van der Waals surface area contributed by atoms with Gasteiger partial charge in [0.25, 0.3) is 0 Å². The van der Waals surface area contributed by atoms with E-state index < -0.39 is 0 Å². The van der Waals surface area contributed by atoms with E-state index in [-0.39, 0.29) is 0 Å². The van der Waals surface area contributed by atoms with Crippen molar-refractivity contribution in [1.82, 2.24) is 5.32 Å². The van der Waals surface area contributed by atoms with Crippen LogP contribution in [0.15, 0.2) is 0 Å². The SMILES string of the molecule is CCC(C)CC1(CC)CCCN1. The van der Waals surface area contributed by atoms with E-state index in [0.717, 1.165) is 5.92 Å². The Balaban J connectivity index is 2.43. The molecule has 1 aliphatic heterocycles. The molecule has 0 aromatic heterocycles. The molecular weight excluding hydrogens is 146 g/mol. The number of rotatable bonds is 4. The van der Waals surface area contributed by atoms with Crippen molar-refractivity contribution >= 4 is 0 Å². The van der Waals surface area contributed by atoms with Crippen molar-refractivity contribution in [2.75, 3.05) is 6.54 Å². The molecule has 0 aromatic carbocycles. The van der Waals surface area contributed by atoms with Gasteiger partial charge in [-0.25, -0.2) is 0 Å². The van der Waals surface area contributed by atoms with Crippen LogP contribution in [0.5, 0.6) is 0 Å². The minimum atomic E-state index is 0.509. The molecule has 0 spiro atoms. The van der Waals surface area contributed by atoms with E-state index in [4.69, 9.17) is 0 Å². The number of hydrogen-bond acceptors (Lipinski definition) is 1. The fraction of sp³-hybridized carbons (Fsp3) is 1.00. The van der Waals surface area contributed by atoms with E-state index in [0.29, 0.717) is 5.54 Å². The molecule has 1 heterocycles. The summed E-state index contributed by atoms with van der Waals surface area (Å²) in [5.41, 5.74) is 0.509.